The topological polar surface area (TPSA) is 84.5 Å². The molecule has 0 aliphatic heterocycles. The van der Waals surface area contributed by atoms with Crippen LogP contribution in [0.5, 0.6) is 0 Å². The van der Waals surface area contributed by atoms with E-state index in [2.05, 4.69) is 10.6 Å². The molecule has 0 aliphatic carbocycles. The summed E-state index contributed by atoms with van der Waals surface area (Å²) in [6.45, 7) is 1.10. The Morgan fingerprint density at radius 3 is 2.71 bits per heavy atom. The highest BCUT2D eigenvalue weighted by Gasteiger charge is 2.11. The van der Waals surface area contributed by atoms with Gasteiger partial charge in [0.25, 0.3) is 11.8 Å². The highest BCUT2D eigenvalue weighted by Crippen LogP contribution is 2.19. The monoisotopic (exact) mass is 366 g/mol. The van der Waals surface area contributed by atoms with Crippen LogP contribution < -0.4 is 10.6 Å². The van der Waals surface area contributed by atoms with E-state index >= 15 is 0 Å². The van der Waals surface area contributed by atoms with E-state index in [1.807, 2.05) is 6.92 Å². The van der Waals surface area contributed by atoms with Gasteiger partial charge in [0.2, 0.25) is 0 Å². The third-order valence-electron chi connectivity index (χ3n) is 2.96. The first-order valence-electron chi connectivity index (χ1n) is 6.99. The van der Waals surface area contributed by atoms with E-state index in [-0.39, 0.29) is 12.5 Å². The van der Waals surface area contributed by atoms with E-state index in [4.69, 9.17) is 16.3 Å². The number of halogens is 1. The summed E-state index contributed by atoms with van der Waals surface area (Å²) in [7, 11) is 0. The fourth-order valence-electron chi connectivity index (χ4n) is 1.71. The van der Waals surface area contributed by atoms with E-state index < -0.39 is 18.5 Å². The van der Waals surface area contributed by atoms with E-state index in [0.29, 0.717) is 15.6 Å². The maximum atomic E-state index is 11.7. The molecule has 2 rings (SSSR count). The Labute approximate surface area is 147 Å². The molecule has 0 spiro atoms. The molecule has 2 amide bonds. The number of aryl methyl sites for hydroxylation is 1. The quantitative estimate of drug-likeness (QED) is 0.770. The van der Waals surface area contributed by atoms with Gasteiger partial charge >= 0.3 is 5.97 Å². The molecule has 1 aromatic carbocycles. The summed E-state index contributed by atoms with van der Waals surface area (Å²) in [5, 5.41) is 7.27. The molecule has 1 aromatic heterocycles. The number of hydrogen-bond donors (Lipinski definition) is 2. The van der Waals surface area contributed by atoms with Gasteiger partial charge < -0.3 is 15.4 Å². The van der Waals surface area contributed by atoms with Gasteiger partial charge in [0, 0.05) is 10.7 Å². The zero-order valence-corrected chi connectivity index (χ0v) is 14.4. The van der Waals surface area contributed by atoms with Crippen molar-refractivity contribution in [1.82, 2.24) is 5.32 Å². The van der Waals surface area contributed by atoms with Gasteiger partial charge in [0.05, 0.1) is 4.88 Å². The standard InChI is InChI=1S/C16H15ClN2O4S/c1-10-4-5-11(7-12(10)17)19-14(20)9-23-15(21)8-18-16(22)13-3-2-6-24-13/h2-7H,8-9H2,1H3,(H,18,22)(H,19,20). The number of ether oxygens (including phenoxy) is 1. The SMILES string of the molecule is Cc1ccc(NC(=O)COC(=O)CNC(=O)c2cccs2)cc1Cl. The Bertz CT molecular complexity index is 747. The van der Waals surface area contributed by atoms with Crippen molar-refractivity contribution in [1.29, 1.82) is 0 Å². The molecule has 0 aliphatic rings. The van der Waals surface area contributed by atoms with Gasteiger partial charge in [-0.05, 0) is 36.1 Å². The molecule has 24 heavy (non-hydrogen) atoms. The summed E-state index contributed by atoms with van der Waals surface area (Å²) in [5.74, 6) is -1.55. The zero-order chi connectivity index (χ0) is 17.5. The largest absolute Gasteiger partial charge is 0.454 e. The third kappa shape index (κ3) is 5.36. The number of anilines is 1. The number of esters is 1. The number of nitrogens with one attached hydrogen (secondary N) is 2. The first kappa shape index (κ1) is 18.0. The van der Waals surface area contributed by atoms with Crippen LogP contribution >= 0.6 is 22.9 Å². The highest BCUT2D eigenvalue weighted by molar-refractivity contribution is 7.12. The zero-order valence-electron chi connectivity index (χ0n) is 12.8. The molecular formula is C16H15ClN2O4S. The Hall–Kier alpha value is -2.38. The van der Waals surface area contributed by atoms with Crippen molar-refractivity contribution >= 4 is 46.4 Å². The lowest BCUT2D eigenvalue weighted by Gasteiger charge is -2.08. The van der Waals surface area contributed by atoms with Crippen LogP contribution in [0.1, 0.15) is 15.2 Å². The molecule has 2 aromatic rings. The Morgan fingerprint density at radius 2 is 2.04 bits per heavy atom. The molecule has 0 unspecified atom stereocenters. The van der Waals surface area contributed by atoms with E-state index in [1.165, 1.54) is 11.3 Å². The fraction of sp³-hybridized carbons (Fsp3) is 0.188. The maximum absolute atomic E-state index is 11.7. The van der Waals surface area contributed by atoms with Crippen molar-refractivity contribution in [3.63, 3.8) is 0 Å². The smallest absolute Gasteiger partial charge is 0.325 e. The Kier molecular flexibility index (Phi) is 6.34. The van der Waals surface area contributed by atoms with Gasteiger partial charge in [-0.1, -0.05) is 23.7 Å². The van der Waals surface area contributed by atoms with Crippen LogP contribution in [0.15, 0.2) is 35.7 Å². The summed E-state index contributed by atoms with van der Waals surface area (Å²) in [5.41, 5.74) is 1.40. The average molecular weight is 367 g/mol. The van der Waals surface area contributed by atoms with Crippen molar-refractivity contribution in [2.75, 3.05) is 18.5 Å². The molecule has 1 heterocycles. The summed E-state index contributed by atoms with van der Waals surface area (Å²) in [6, 6.07) is 8.45. The number of hydrogen-bond acceptors (Lipinski definition) is 5. The van der Waals surface area contributed by atoms with Crippen LogP contribution in [0, 0.1) is 6.92 Å². The number of carbonyl (C=O) groups is 3. The number of thiophene rings is 1. The Morgan fingerprint density at radius 1 is 1.25 bits per heavy atom. The van der Waals surface area contributed by atoms with Crippen LogP contribution in [0.25, 0.3) is 0 Å². The lowest BCUT2D eigenvalue weighted by molar-refractivity contribution is -0.146. The van der Waals surface area contributed by atoms with Crippen molar-refractivity contribution in [2.45, 2.75) is 6.92 Å². The predicted octanol–water partition coefficient (Wildman–Crippen LogP) is 2.62. The number of amides is 2. The lowest BCUT2D eigenvalue weighted by atomic mass is 10.2. The minimum atomic E-state index is -0.697. The molecule has 126 valence electrons. The minimum absolute atomic E-state index is 0.305. The van der Waals surface area contributed by atoms with Crippen LogP contribution in [-0.4, -0.2) is 30.9 Å². The summed E-state index contributed by atoms with van der Waals surface area (Å²) < 4.78 is 4.80. The van der Waals surface area contributed by atoms with E-state index in [9.17, 15) is 14.4 Å². The molecule has 2 N–H and O–H groups in total. The fourth-order valence-corrected chi connectivity index (χ4v) is 2.53. The molecule has 0 fully saturated rings. The van der Waals surface area contributed by atoms with Crippen LogP contribution in [0.3, 0.4) is 0 Å². The van der Waals surface area contributed by atoms with Crippen molar-refractivity contribution in [3.05, 3.63) is 51.2 Å². The van der Waals surface area contributed by atoms with Gasteiger partial charge in [-0.25, -0.2) is 0 Å². The second-order valence-corrected chi connectivity index (χ2v) is 6.19. The van der Waals surface area contributed by atoms with Crippen LogP contribution in [0.4, 0.5) is 5.69 Å². The first-order valence-corrected chi connectivity index (χ1v) is 8.25. The second-order valence-electron chi connectivity index (χ2n) is 4.83. The van der Waals surface area contributed by atoms with Crippen molar-refractivity contribution in [2.24, 2.45) is 0 Å². The molecule has 0 saturated carbocycles. The minimum Gasteiger partial charge on any atom is -0.454 e. The predicted molar refractivity (Wildman–Crippen MR) is 92.4 cm³/mol. The molecule has 6 nitrogen and oxygen atoms in total. The van der Waals surface area contributed by atoms with Crippen LogP contribution in [-0.2, 0) is 14.3 Å². The Balaban J connectivity index is 1.72. The third-order valence-corrected chi connectivity index (χ3v) is 4.23. The van der Waals surface area contributed by atoms with Gasteiger partial charge in [-0.2, -0.15) is 0 Å². The summed E-state index contributed by atoms with van der Waals surface area (Å²) in [6.07, 6.45) is 0. The van der Waals surface area contributed by atoms with Gasteiger partial charge in [0.1, 0.15) is 6.54 Å². The number of benzene rings is 1. The van der Waals surface area contributed by atoms with Gasteiger partial charge in [0.15, 0.2) is 6.61 Å². The second kappa shape index (κ2) is 8.47. The van der Waals surface area contributed by atoms with Gasteiger partial charge in [-0.15, -0.1) is 11.3 Å². The van der Waals surface area contributed by atoms with Crippen LogP contribution in [0.2, 0.25) is 5.02 Å². The van der Waals surface area contributed by atoms with E-state index in [0.717, 1.165) is 5.56 Å². The normalized spacial score (nSPS) is 10.1. The average Bonchev–Trinajstić information content (AvgIpc) is 3.08. The summed E-state index contributed by atoms with van der Waals surface area (Å²) >= 11 is 7.23. The van der Waals surface area contributed by atoms with Crippen molar-refractivity contribution < 1.29 is 19.1 Å². The molecule has 0 saturated heterocycles. The van der Waals surface area contributed by atoms with Gasteiger partial charge in [-0.3, -0.25) is 14.4 Å². The first-order chi connectivity index (χ1) is 11.5. The molecular weight excluding hydrogens is 352 g/mol. The molecule has 0 atom stereocenters. The van der Waals surface area contributed by atoms with Crippen molar-refractivity contribution in [3.8, 4) is 0 Å². The number of rotatable bonds is 6. The maximum Gasteiger partial charge on any atom is 0.325 e. The highest BCUT2D eigenvalue weighted by atomic mass is 35.5. The lowest BCUT2D eigenvalue weighted by Crippen LogP contribution is -2.31. The van der Waals surface area contributed by atoms with E-state index in [1.54, 1.807) is 35.7 Å². The molecule has 0 bridgehead atoms. The molecule has 0 radical (unpaired) electrons. The summed E-state index contributed by atoms with van der Waals surface area (Å²) in [4.78, 5) is 35.4. The number of carbonyl (C=O) groups excluding carboxylic acids is 3. The molecule has 8 heteroatoms.